The van der Waals surface area contributed by atoms with E-state index in [4.69, 9.17) is 0 Å². The Morgan fingerprint density at radius 2 is 1.70 bits per heavy atom. The van der Waals surface area contributed by atoms with E-state index in [1.54, 1.807) is 4.90 Å². The number of carbonyl (C=O) groups excluding carboxylic acids is 3. The van der Waals surface area contributed by atoms with Crippen molar-refractivity contribution in [2.45, 2.75) is 51.6 Å². The molecule has 6 nitrogen and oxygen atoms in total. The fourth-order valence-corrected chi connectivity index (χ4v) is 4.02. The lowest BCUT2D eigenvalue weighted by Gasteiger charge is -2.39. The van der Waals surface area contributed by atoms with Crippen LogP contribution in [-0.4, -0.2) is 59.2 Å². The summed E-state index contributed by atoms with van der Waals surface area (Å²) in [4.78, 5) is 40.5. The molecule has 0 aromatic rings. The SMILES string of the molecule is CC1NCCN(C(=O)CN2C(=O)C3CCCCC3C2=O)C1C.Cl. The first-order valence-corrected chi connectivity index (χ1v) is 8.38. The summed E-state index contributed by atoms with van der Waals surface area (Å²) in [6.45, 7) is 5.35. The molecule has 0 aromatic heterocycles. The number of halogens is 1. The molecule has 1 N–H and O–H groups in total. The number of carbonyl (C=O) groups is 3. The second kappa shape index (κ2) is 7.18. The van der Waals surface area contributed by atoms with Crippen LogP contribution in [0.5, 0.6) is 0 Å². The summed E-state index contributed by atoms with van der Waals surface area (Å²) in [5.41, 5.74) is 0. The maximum absolute atomic E-state index is 12.6. The molecule has 3 aliphatic rings. The number of amides is 3. The van der Waals surface area contributed by atoms with Crippen LogP contribution in [0.3, 0.4) is 0 Å². The lowest BCUT2D eigenvalue weighted by atomic mass is 9.81. The van der Waals surface area contributed by atoms with E-state index in [0.29, 0.717) is 6.54 Å². The minimum atomic E-state index is -0.173. The average Bonchev–Trinajstić information content (AvgIpc) is 2.75. The highest BCUT2D eigenvalue weighted by Gasteiger charge is 2.49. The van der Waals surface area contributed by atoms with Crippen LogP contribution in [0.1, 0.15) is 39.5 Å². The van der Waals surface area contributed by atoms with Crippen LogP contribution in [0, 0.1) is 11.8 Å². The number of hydrogen-bond acceptors (Lipinski definition) is 4. The normalized spacial score (nSPS) is 34.2. The predicted octanol–water partition coefficient (Wildman–Crippen LogP) is 0.792. The average molecular weight is 344 g/mol. The Morgan fingerprint density at radius 3 is 2.26 bits per heavy atom. The minimum absolute atomic E-state index is 0. The molecule has 1 aliphatic carbocycles. The van der Waals surface area contributed by atoms with Crippen LogP contribution in [0.15, 0.2) is 0 Å². The summed E-state index contributed by atoms with van der Waals surface area (Å²) in [6, 6.07) is 0.307. The Kier molecular flexibility index (Phi) is 5.68. The van der Waals surface area contributed by atoms with Gasteiger partial charge in [0.05, 0.1) is 11.8 Å². The molecule has 2 aliphatic heterocycles. The van der Waals surface area contributed by atoms with Crippen LogP contribution in [-0.2, 0) is 14.4 Å². The van der Waals surface area contributed by atoms with Crippen molar-refractivity contribution in [3.05, 3.63) is 0 Å². The third kappa shape index (κ3) is 3.24. The fourth-order valence-electron chi connectivity index (χ4n) is 4.02. The molecular weight excluding hydrogens is 318 g/mol. The first-order chi connectivity index (χ1) is 10.5. The number of piperazine rings is 1. The number of fused-ring (bicyclic) bond motifs is 1. The first kappa shape index (κ1) is 18.2. The number of rotatable bonds is 2. The molecule has 0 spiro atoms. The molecule has 2 saturated heterocycles. The van der Waals surface area contributed by atoms with Gasteiger partial charge in [0.2, 0.25) is 17.7 Å². The van der Waals surface area contributed by atoms with Gasteiger partial charge in [-0.1, -0.05) is 12.8 Å². The van der Waals surface area contributed by atoms with E-state index in [-0.39, 0.29) is 60.6 Å². The van der Waals surface area contributed by atoms with Crippen molar-refractivity contribution in [2.75, 3.05) is 19.6 Å². The van der Waals surface area contributed by atoms with Crippen LogP contribution in [0.25, 0.3) is 0 Å². The lowest BCUT2D eigenvalue weighted by Crippen LogP contribution is -2.59. The topological polar surface area (TPSA) is 69.7 Å². The summed E-state index contributed by atoms with van der Waals surface area (Å²) in [5, 5.41) is 3.33. The van der Waals surface area contributed by atoms with E-state index in [1.165, 1.54) is 4.90 Å². The zero-order chi connectivity index (χ0) is 15.9. The van der Waals surface area contributed by atoms with Gasteiger partial charge in [-0.25, -0.2) is 0 Å². The highest BCUT2D eigenvalue weighted by atomic mass is 35.5. The molecule has 3 amide bonds. The Morgan fingerprint density at radius 1 is 1.13 bits per heavy atom. The fraction of sp³-hybridized carbons (Fsp3) is 0.812. The first-order valence-electron chi connectivity index (χ1n) is 8.38. The molecule has 7 heteroatoms. The van der Waals surface area contributed by atoms with Gasteiger partial charge in [0.1, 0.15) is 6.54 Å². The Bertz CT molecular complexity index is 475. The molecule has 2 heterocycles. The van der Waals surface area contributed by atoms with Crippen molar-refractivity contribution in [1.82, 2.24) is 15.1 Å². The molecular formula is C16H26ClN3O3. The quantitative estimate of drug-likeness (QED) is 0.753. The zero-order valence-corrected chi connectivity index (χ0v) is 14.6. The highest BCUT2D eigenvalue weighted by Crippen LogP contribution is 2.37. The van der Waals surface area contributed by atoms with Gasteiger partial charge in [-0.2, -0.15) is 0 Å². The number of hydrogen-bond donors (Lipinski definition) is 1. The van der Waals surface area contributed by atoms with Gasteiger partial charge in [0.15, 0.2) is 0 Å². The van der Waals surface area contributed by atoms with Crippen molar-refractivity contribution in [1.29, 1.82) is 0 Å². The predicted molar refractivity (Wildman–Crippen MR) is 88.1 cm³/mol. The maximum atomic E-state index is 12.6. The smallest absolute Gasteiger partial charge is 0.243 e. The van der Waals surface area contributed by atoms with Gasteiger partial charge < -0.3 is 10.2 Å². The lowest BCUT2D eigenvalue weighted by molar-refractivity contribution is -0.148. The molecule has 4 unspecified atom stereocenters. The van der Waals surface area contributed by atoms with Gasteiger partial charge in [0, 0.05) is 25.2 Å². The number of imide groups is 1. The van der Waals surface area contributed by atoms with Gasteiger partial charge >= 0.3 is 0 Å². The number of nitrogens with zero attached hydrogens (tertiary/aromatic N) is 2. The van der Waals surface area contributed by atoms with Crippen molar-refractivity contribution >= 4 is 30.1 Å². The standard InChI is InChI=1S/C16H25N3O3.ClH/c1-10-11(2)18(8-7-17-10)14(20)9-19-15(21)12-5-3-4-6-13(12)16(19)22;/h10-13,17H,3-9H2,1-2H3;1H. The zero-order valence-electron chi connectivity index (χ0n) is 13.8. The Hall–Kier alpha value is -1.14. The molecule has 4 atom stereocenters. The van der Waals surface area contributed by atoms with E-state index in [2.05, 4.69) is 5.32 Å². The summed E-state index contributed by atoms with van der Waals surface area (Å²) < 4.78 is 0. The molecule has 1 saturated carbocycles. The molecule has 0 aromatic carbocycles. The van der Waals surface area contributed by atoms with Crippen molar-refractivity contribution in [2.24, 2.45) is 11.8 Å². The molecule has 3 rings (SSSR count). The van der Waals surface area contributed by atoms with E-state index >= 15 is 0 Å². The molecule has 23 heavy (non-hydrogen) atoms. The van der Waals surface area contributed by atoms with Crippen molar-refractivity contribution in [3.8, 4) is 0 Å². The third-order valence-electron chi connectivity index (χ3n) is 5.58. The van der Waals surface area contributed by atoms with Crippen molar-refractivity contribution in [3.63, 3.8) is 0 Å². The van der Waals surface area contributed by atoms with E-state index in [1.807, 2.05) is 13.8 Å². The molecule has 0 bridgehead atoms. The largest absolute Gasteiger partial charge is 0.336 e. The second-order valence-electron chi connectivity index (χ2n) is 6.83. The third-order valence-corrected chi connectivity index (χ3v) is 5.58. The second-order valence-corrected chi connectivity index (χ2v) is 6.83. The minimum Gasteiger partial charge on any atom is -0.336 e. The van der Waals surface area contributed by atoms with Crippen LogP contribution in [0.2, 0.25) is 0 Å². The summed E-state index contributed by atoms with van der Waals surface area (Å²) in [7, 11) is 0. The Balaban J connectivity index is 0.00000192. The number of likely N-dealkylation sites (tertiary alicyclic amines) is 1. The highest BCUT2D eigenvalue weighted by molar-refractivity contribution is 6.07. The van der Waals surface area contributed by atoms with E-state index in [9.17, 15) is 14.4 Å². The van der Waals surface area contributed by atoms with E-state index in [0.717, 1.165) is 32.2 Å². The van der Waals surface area contributed by atoms with Gasteiger partial charge in [-0.05, 0) is 26.7 Å². The van der Waals surface area contributed by atoms with Crippen LogP contribution in [0.4, 0.5) is 0 Å². The summed E-state index contributed by atoms with van der Waals surface area (Å²) >= 11 is 0. The van der Waals surface area contributed by atoms with Crippen LogP contribution < -0.4 is 5.32 Å². The van der Waals surface area contributed by atoms with Gasteiger partial charge in [-0.3, -0.25) is 19.3 Å². The van der Waals surface area contributed by atoms with Gasteiger partial charge in [-0.15, -0.1) is 12.4 Å². The van der Waals surface area contributed by atoms with Crippen LogP contribution >= 0.6 is 12.4 Å². The maximum Gasteiger partial charge on any atom is 0.243 e. The summed E-state index contributed by atoms with van der Waals surface area (Å²) in [6.07, 6.45) is 3.60. The summed E-state index contributed by atoms with van der Waals surface area (Å²) in [5.74, 6) is -0.708. The Labute approximate surface area is 143 Å². The molecule has 130 valence electrons. The number of nitrogens with one attached hydrogen (secondary N) is 1. The van der Waals surface area contributed by atoms with Crippen molar-refractivity contribution < 1.29 is 14.4 Å². The van der Waals surface area contributed by atoms with Gasteiger partial charge in [0.25, 0.3) is 0 Å². The molecule has 3 fully saturated rings. The molecule has 0 radical (unpaired) electrons. The van der Waals surface area contributed by atoms with E-state index < -0.39 is 0 Å². The monoisotopic (exact) mass is 343 g/mol.